The van der Waals surface area contributed by atoms with E-state index in [0.717, 1.165) is 22.3 Å². The van der Waals surface area contributed by atoms with Gasteiger partial charge in [0.1, 0.15) is 22.9 Å². The van der Waals surface area contributed by atoms with Gasteiger partial charge in [0.25, 0.3) is 0 Å². The van der Waals surface area contributed by atoms with Crippen LogP contribution in [0.2, 0.25) is 10.3 Å². The van der Waals surface area contributed by atoms with Crippen molar-refractivity contribution in [1.82, 2.24) is 29.7 Å². The second kappa shape index (κ2) is 14.6. The van der Waals surface area contributed by atoms with Crippen LogP contribution in [0.25, 0.3) is 33.6 Å². The molecule has 2 fully saturated rings. The monoisotopic (exact) mass is 776 g/mol. The second-order valence-electron chi connectivity index (χ2n) is 17.3. The molecule has 2 N–H and O–H groups in total. The number of rotatable bonds is 9. The van der Waals surface area contributed by atoms with E-state index in [1.807, 2.05) is 104 Å². The van der Waals surface area contributed by atoms with Gasteiger partial charge in [-0.15, -0.1) is 0 Å². The van der Waals surface area contributed by atoms with E-state index in [9.17, 15) is 9.59 Å². The zero-order chi connectivity index (χ0) is 39.6. The number of aromatic amines is 2. The summed E-state index contributed by atoms with van der Waals surface area (Å²) in [5, 5.41) is 0.686. The third-order valence-corrected chi connectivity index (χ3v) is 11.6. The highest BCUT2D eigenvalue weighted by molar-refractivity contribution is 6.32. The number of nitrogens with one attached hydrogen (secondary N) is 2. The van der Waals surface area contributed by atoms with Crippen molar-refractivity contribution in [3.05, 3.63) is 70.5 Å². The van der Waals surface area contributed by atoms with Crippen LogP contribution < -0.4 is 0 Å². The number of nitrogens with zero attached hydrogens (tertiary/aromatic N) is 4. The second-order valence-corrected chi connectivity index (χ2v) is 18.0. The Kier molecular flexibility index (Phi) is 10.7. The summed E-state index contributed by atoms with van der Waals surface area (Å²) >= 11 is 13.4. The number of halogens is 2. The number of hydrogen-bond donors (Lipinski definition) is 2. The van der Waals surface area contributed by atoms with Crippen molar-refractivity contribution in [3.63, 3.8) is 0 Å². The van der Waals surface area contributed by atoms with Crippen molar-refractivity contribution >= 4 is 35.4 Å². The molecular formula is C42H54Cl2N6O4. The van der Waals surface area contributed by atoms with Gasteiger partial charge in [-0.2, -0.15) is 0 Å². The molecule has 0 unspecified atom stereocenters. The molecule has 8 atom stereocenters. The minimum absolute atomic E-state index is 0.0671. The standard InChI is InChI=1S/C42H54Cl2N6O4/c1-21-22(2)33(21)49(39(51)53-41(7,8)9)25(5)37-45-31(35(43)47-37)29-17-13-27(14-18-29)28-15-19-30(20-16-28)32-36(44)48-38(46-32)26(6)50(34-23(3)24(34)4)40(52)54-42(10,11)12/h13-26,33-34H,1-12H3,(H,45,47)(H,46,48)/t21-,22+,23-,24+,25-,26-,33-,34-/m0/s1. The number of H-pyrrole nitrogens is 2. The Hall–Kier alpha value is -4.02. The Labute approximate surface area is 329 Å². The molecule has 0 saturated heterocycles. The molecule has 0 aliphatic heterocycles. The number of aromatic nitrogens is 4. The Balaban J connectivity index is 1.17. The van der Waals surface area contributed by atoms with Gasteiger partial charge in [-0.1, -0.05) is 99.4 Å². The van der Waals surface area contributed by atoms with Crippen LogP contribution in [0, 0.1) is 23.7 Å². The van der Waals surface area contributed by atoms with Crippen molar-refractivity contribution < 1.29 is 19.1 Å². The molecule has 0 bridgehead atoms. The topological polar surface area (TPSA) is 116 Å². The highest BCUT2D eigenvalue weighted by atomic mass is 35.5. The molecule has 6 rings (SSSR count). The molecule has 2 saturated carbocycles. The molecule has 2 aromatic carbocycles. The van der Waals surface area contributed by atoms with Gasteiger partial charge in [-0.25, -0.2) is 19.6 Å². The maximum Gasteiger partial charge on any atom is 0.411 e. The number of carbonyl (C=O) groups is 2. The van der Waals surface area contributed by atoms with E-state index in [-0.39, 0.29) is 36.4 Å². The van der Waals surface area contributed by atoms with Crippen LogP contribution in [0.4, 0.5) is 9.59 Å². The third-order valence-electron chi connectivity index (χ3n) is 11.0. The maximum atomic E-state index is 13.4. The largest absolute Gasteiger partial charge is 0.444 e. The molecule has 2 aliphatic carbocycles. The first-order chi connectivity index (χ1) is 25.2. The van der Waals surface area contributed by atoms with Gasteiger partial charge in [0.2, 0.25) is 0 Å². The lowest BCUT2D eigenvalue weighted by Gasteiger charge is -2.31. The molecule has 2 aromatic heterocycles. The number of imidazole rings is 2. The van der Waals surface area contributed by atoms with Gasteiger partial charge in [-0.3, -0.25) is 9.80 Å². The van der Waals surface area contributed by atoms with Crippen LogP contribution in [0.15, 0.2) is 48.5 Å². The van der Waals surface area contributed by atoms with Crippen molar-refractivity contribution in [3.8, 4) is 33.6 Å². The molecule has 4 aromatic rings. The maximum absolute atomic E-state index is 13.4. The number of amides is 2. The van der Waals surface area contributed by atoms with Crippen molar-refractivity contribution in [2.75, 3.05) is 0 Å². The minimum atomic E-state index is -0.612. The lowest BCUT2D eigenvalue weighted by Crippen LogP contribution is -2.41. The Morgan fingerprint density at radius 2 is 0.870 bits per heavy atom. The minimum Gasteiger partial charge on any atom is -0.444 e. The van der Waals surface area contributed by atoms with E-state index in [2.05, 4.69) is 47.6 Å². The van der Waals surface area contributed by atoms with E-state index in [0.29, 0.717) is 57.0 Å². The van der Waals surface area contributed by atoms with Gasteiger partial charge < -0.3 is 19.4 Å². The predicted molar refractivity (Wildman–Crippen MR) is 214 cm³/mol. The third kappa shape index (κ3) is 8.15. The summed E-state index contributed by atoms with van der Waals surface area (Å²) in [6.07, 6.45) is -0.707. The molecule has 2 amide bonds. The summed E-state index contributed by atoms with van der Waals surface area (Å²) < 4.78 is 11.6. The molecule has 54 heavy (non-hydrogen) atoms. The molecule has 2 heterocycles. The molecular weight excluding hydrogens is 723 g/mol. The fourth-order valence-corrected chi connectivity index (χ4v) is 7.93. The summed E-state index contributed by atoms with van der Waals surface area (Å²) in [6.45, 7) is 23.8. The molecule has 2 aliphatic rings. The van der Waals surface area contributed by atoms with Gasteiger partial charge in [0.05, 0.1) is 23.5 Å². The molecule has 0 spiro atoms. The van der Waals surface area contributed by atoms with Gasteiger partial charge in [0, 0.05) is 23.2 Å². The summed E-state index contributed by atoms with van der Waals surface area (Å²) in [4.78, 5) is 46.4. The normalized spacial score (nSPS) is 23.4. The van der Waals surface area contributed by atoms with Crippen LogP contribution >= 0.6 is 23.2 Å². The van der Waals surface area contributed by atoms with Crippen LogP contribution in [0.1, 0.15) is 107 Å². The van der Waals surface area contributed by atoms with Crippen LogP contribution in [-0.4, -0.2) is 65.2 Å². The summed E-state index contributed by atoms with van der Waals surface area (Å²) in [5.74, 6) is 2.68. The van der Waals surface area contributed by atoms with Crippen LogP contribution in [0.3, 0.4) is 0 Å². The van der Waals surface area contributed by atoms with E-state index < -0.39 is 11.2 Å². The fourth-order valence-electron chi connectivity index (χ4n) is 7.43. The van der Waals surface area contributed by atoms with Crippen molar-refractivity contribution in [2.45, 2.75) is 118 Å². The quantitative estimate of drug-likeness (QED) is 0.175. The van der Waals surface area contributed by atoms with Crippen molar-refractivity contribution in [2.24, 2.45) is 23.7 Å². The van der Waals surface area contributed by atoms with Crippen LogP contribution in [-0.2, 0) is 9.47 Å². The van der Waals surface area contributed by atoms with E-state index in [1.165, 1.54) is 0 Å². The average molecular weight is 778 g/mol. The number of benzene rings is 2. The summed E-state index contributed by atoms with van der Waals surface area (Å²) in [7, 11) is 0. The lowest BCUT2D eigenvalue weighted by atomic mass is 10.0. The molecule has 10 nitrogen and oxygen atoms in total. The Morgan fingerprint density at radius 1 is 0.593 bits per heavy atom. The number of hydrogen-bond acceptors (Lipinski definition) is 6. The Bertz CT molecular complexity index is 1830. The SMILES string of the molecule is C[C@@H]1[C@H](C)[C@@H]1N(C(=O)OC(C)(C)C)[C@@H](C)c1nc(Cl)c(-c2ccc(-c3ccc(-c4[nH]c([C@H](C)N(C(=O)OC(C)(C)C)[C@@H]5[C@H](C)[C@@H]5C)nc4Cl)cc3)cc2)[nH]1. The zero-order valence-corrected chi connectivity index (χ0v) is 34.9. The lowest BCUT2D eigenvalue weighted by molar-refractivity contribution is 0.0116. The van der Waals surface area contributed by atoms with E-state index >= 15 is 0 Å². The van der Waals surface area contributed by atoms with Crippen LogP contribution in [0.5, 0.6) is 0 Å². The summed E-state index contributed by atoms with van der Waals surface area (Å²) in [6, 6.07) is 15.6. The number of carbonyl (C=O) groups excluding carboxylic acids is 2. The molecule has 290 valence electrons. The number of ether oxygens (including phenoxy) is 2. The highest BCUT2D eigenvalue weighted by Crippen LogP contribution is 2.48. The van der Waals surface area contributed by atoms with E-state index in [4.69, 9.17) is 32.7 Å². The predicted octanol–water partition coefficient (Wildman–Crippen LogP) is 11.3. The van der Waals surface area contributed by atoms with Gasteiger partial charge in [-0.05, 0) is 90.2 Å². The first-order valence-corrected chi connectivity index (χ1v) is 19.7. The molecule has 12 heteroatoms. The zero-order valence-electron chi connectivity index (χ0n) is 33.4. The van der Waals surface area contributed by atoms with Crippen molar-refractivity contribution in [1.29, 1.82) is 0 Å². The smallest absolute Gasteiger partial charge is 0.411 e. The molecule has 0 radical (unpaired) electrons. The summed E-state index contributed by atoms with van der Waals surface area (Å²) in [5.41, 5.74) is 3.96. The first kappa shape index (κ1) is 39.7. The van der Waals surface area contributed by atoms with E-state index in [1.54, 1.807) is 9.80 Å². The van der Waals surface area contributed by atoms with Gasteiger partial charge >= 0.3 is 12.2 Å². The fraction of sp³-hybridized carbons (Fsp3) is 0.524. The van der Waals surface area contributed by atoms with Gasteiger partial charge in [0.15, 0.2) is 10.3 Å². The Morgan fingerprint density at radius 3 is 1.13 bits per heavy atom. The first-order valence-electron chi connectivity index (χ1n) is 18.9. The highest BCUT2D eigenvalue weighted by Gasteiger charge is 2.53. The average Bonchev–Trinajstić information content (AvgIpc) is 3.65.